The molecule has 2 rings (SSSR count). The molecule has 1 aliphatic rings. The summed E-state index contributed by atoms with van der Waals surface area (Å²) in [5, 5.41) is 0.449. The molecule has 1 aliphatic heterocycles. The zero-order valence-electron chi connectivity index (χ0n) is 10.2. The number of pyridine rings is 1. The number of anilines is 1. The van der Waals surface area contributed by atoms with Crippen molar-refractivity contribution in [1.82, 2.24) is 9.88 Å². The van der Waals surface area contributed by atoms with Crippen molar-refractivity contribution in [2.24, 2.45) is 0 Å². The largest absolute Gasteiger partial charge is 0.383 e. The van der Waals surface area contributed by atoms with Gasteiger partial charge >= 0.3 is 0 Å². The van der Waals surface area contributed by atoms with Crippen LogP contribution in [0.4, 0.5) is 10.2 Å². The Hall–Kier alpha value is -1.30. The third-order valence-corrected chi connectivity index (χ3v) is 4.37. The molecule has 1 unspecified atom stereocenters. The van der Waals surface area contributed by atoms with Gasteiger partial charge in [0.25, 0.3) is 5.91 Å². The second-order valence-electron chi connectivity index (χ2n) is 4.24. The van der Waals surface area contributed by atoms with Crippen molar-refractivity contribution in [2.75, 3.05) is 24.6 Å². The minimum atomic E-state index is -0.536. The Morgan fingerprint density at radius 3 is 3.22 bits per heavy atom. The van der Waals surface area contributed by atoms with Gasteiger partial charge in [-0.25, -0.2) is 9.37 Å². The van der Waals surface area contributed by atoms with Gasteiger partial charge in [0, 0.05) is 24.1 Å². The maximum atomic E-state index is 13.1. The van der Waals surface area contributed by atoms with Crippen LogP contribution in [0.1, 0.15) is 23.7 Å². The molecule has 0 bridgehead atoms. The molecule has 0 aliphatic carbocycles. The highest BCUT2D eigenvalue weighted by Gasteiger charge is 2.25. The Labute approximate surface area is 110 Å². The Balaban J connectivity index is 2.17. The van der Waals surface area contributed by atoms with E-state index in [1.165, 1.54) is 0 Å². The van der Waals surface area contributed by atoms with E-state index in [-0.39, 0.29) is 17.3 Å². The average molecular weight is 269 g/mol. The Bertz CT molecular complexity index is 455. The summed E-state index contributed by atoms with van der Waals surface area (Å²) in [5.74, 6) is 0.240. The van der Waals surface area contributed by atoms with Gasteiger partial charge in [-0.3, -0.25) is 4.79 Å². The first kappa shape index (κ1) is 13.1. The number of nitrogens with two attached hydrogens (primary N) is 1. The number of nitrogens with zero attached hydrogens (tertiary/aromatic N) is 2. The topological polar surface area (TPSA) is 59.2 Å². The molecule has 2 N–H and O–H groups in total. The minimum Gasteiger partial charge on any atom is -0.383 e. The van der Waals surface area contributed by atoms with E-state index < -0.39 is 5.82 Å². The number of hydrogen-bond donors (Lipinski definition) is 1. The third kappa shape index (κ3) is 2.75. The van der Waals surface area contributed by atoms with Crippen LogP contribution < -0.4 is 5.73 Å². The first-order chi connectivity index (χ1) is 8.61. The second kappa shape index (κ2) is 5.56. The maximum Gasteiger partial charge on any atom is 0.257 e. The monoisotopic (exact) mass is 269 g/mol. The molecule has 98 valence electrons. The van der Waals surface area contributed by atoms with Crippen LogP contribution in [-0.4, -0.2) is 39.9 Å². The molecule has 1 saturated heterocycles. The van der Waals surface area contributed by atoms with Crippen LogP contribution in [-0.2, 0) is 0 Å². The van der Waals surface area contributed by atoms with Crippen LogP contribution in [0.2, 0.25) is 0 Å². The quantitative estimate of drug-likeness (QED) is 0.889. The summed E-state index contributed by atoms with van der Waals surface area (Å²) in [4.78, 5) is 17.7. The predicted octanol–water partition coefficient (Wildman–Crippen LogP) is 1.77. The molecule has 0 radical (unpaired) electrons. The van der Waals surface area contributed by atoms with Gasteiger partial charge in [-0.05, 0) is 12.5 Å². The van der Waals surface area contributed by atoms with Gasteiger partial charge in [0.05, 0.1) is 11.8 Å². The summed E-state index contributed by atoms with van der Waals surface area (Å²) in [5.41, 5.74) is 5.80. The smallest absolute Gasteiger partial charge is 0.257 e. The molecule has 1 fully saturated rings. The van der Waals surface area contributed by atoms with Gasteiger partial charge in [-0.15, -0.1) is 0 Å². The van der Waals surface area contributed by atoms with Gasteiger partial charge in [-0.2, -0.15) is 11.8 Å². The zero-order valence-corrected chi connectivity index (χ0v) is 11.0. The lowest BCUT2D eigenvalue weighted by molar-refractivity contribution is 0.0761. The molecule has 0 aromatic carbocycles. The Morgan fingerprint density at radius 1 is 1.72 bits per heavy atom. The van der Waals surface area contributed by atoms with E-state index >= 15 is 0 Å². The van der Waals surface area contributed by atoms with Crippen LogP contribution in [0.15, 0.2) is 12.3 Å². The molecule has 2 heterocycles. The lowest BCUT2D eigenvalue weighted by Crippen LogP contribution is -2.42. The number of hydrogen-bond acceptors (Lipinski definition) is 4. The molecule has 0 saturated carbocycles. The van der Waals surface area contributed by atoms with E-state index in [0.29, 0.717) is 18.3 Å². The normalized spacial score (nSPS) is 19.9. The van der Waals surface area contributed by atoms with Crippen LogP contribution >= 0.6 is 11.8 Å². The number of carbonyl (C=O) groups is 1. The van der Waals surface area contributed by atoms with Crippen LogP contribution in [0.5, 0.6) is 0 Å². The minimum absolute atomic E-state index is 0.0904. The molecule has 4 nitrogen and oxygen atoms in total. The summed E-state index contributed by atoms with van der Waals surface area (Å²) in [6.45, 7) is 3.47. The van der Waals surface area contributed by atoms with Crippen molar-refractivity contribution >= 4 is 23.5 Å². The highest BCUT2D eigenvalue weighted by atomic mass is 32.2. The number of amides is 1. The Kier molecular flexibility index (Phi) is 4.06. The number of rotatable bonds is 2. The lowest BCUT2D eigenvalue weighted by Gasteiger charge is -2.32. The van der Waals surface area contributed by atoms with Crippen molar-refractivity contribution < 1.29 is 9.18 Å². The van der Waals surface area contributed by atoms with E-state index in [0.717, 1.165) is 24.4 Å². The molecule has 6 heteroatoms. The van der Waals surface area contributed by atoms with Crippen molar-refractivity contribution in [2.45, 2.75) is 18.6 Å². The molecule has 18 heavy (non-hydrogen) atoms. The Morgan fingerprint density at radius 2 is 2.50 bits per heavy atom. The van der Waals surface area contributed by atoms with Crippen molar-refractivity contribution in [3.8, 4) is 0 Å². The summed E-state index contributed by atoms with van der Waals surface area (Å²) < 4.78 is 13.1. The fraction of sp³-hybridized carbons (Fsp3) is 0.500. The summed E-state index contributed by atoms with van der Waals surface area (Å²) in [6, 6.07) is 1.16. The van der Waals surface area contributed by atoms with Gasteiger partial charge in [0.15, 0.2) is 0 Å². The first-order valence-electron chi connectivity index (χ1n) is 5.93. The van der Waals surface area contributed by atoms with E-state index in [1.807, 2.05) is 11.8 Å². The number of nitrogen functional groups attached to an aromatic ring is 1. The standard InChI is InChI=1S/C12H16FN3OS/c1-2-9-7-16(3-4-18-9)12(17)10-5-8(13)6-15-11(10)14/h5-6,9H,2-4,7H2,1H3,(H2,14,15). The molecule has 0 spiro atoms. The third-order valence-electron chi connectivity index (χ3n) is 3.00. The molecular formula is C12H16FN3OS. The van der Waals surface area contributed by atoms with E-state index in [4.69, 9.17) is 5.73 Å². The fourth-order valence-electron chi connectivity index (χ4n) is 1.94. The number of aromatic nitrogens is 1. The first-order valence-corrected chi connectivity index (χ1v) is 6.98. The van der Waals surface area contributed by atoms with Gasteiger partial charge in [0.2, 0.25) is 0 Å². The number of thioether (sulfide) groups is 1. The highest BCUT2D eigenvalue weighted by molar-refractivity contribution is 8.00. The van der Waals surface area contributed by atoms with E-state index in [1.54, 1.807) is 4.90 Å². The van der Waals surface area contributed by atoms with Gasteiger partial charge in [0.1, 0.15) is 11.6 Å². The van der Waals surface area contributed by atoms with Crippen molar-refractivity contribution in [1.29, 1.82) is 0 Å². The summed E-state index contributed by atoms with van der Waals surface area (Å²) in [7, 11) is 0. The van der Waals surface area contributed by atoms with Gasteiger partial charge < -0.3 is 10.6 Å². The van der Waals surface area contributed by atoms with Crippen molar-refractivity contribution in [3.63, 3.8) is 0 Å². The van der Waals surface area contributed by atoms with Crippen molar-refractivity contribution in [3.05, 3.63) is 23.6 Å². The van der Waals surface area contributed by atoms with Crippen LogP contribution in [0, 0.1) is 5.82 Å². The van der Waals surface area contributed by atoms with Crippen LogP contribution in [0.3, 0.4) is 0 Å². The molecule has 1 amide bonds. The van der Waals surface area contributed by atoms with E-state index in [2.05, 4.69) is 11.9 Å². The second-order valence-corrected chi connectivity index (χ2v) is 5.65. The number of halogens is 1. The highest BCUT2D eigenvalue weighted by Crippen LogP contribution is 2.23. The molecular weight excluding hydrogens is 253 g/mol. The maximum absolute atomic E-state index is 13.1. The lowest BCUT2D eigenvalue weighted by atomic mass is 10.2. The summed E-state index contributed by atoms with van der Waals surface area (Å²) in [6.07, 6.45) is 2.04. The number of carbonyl (C=O) groups excluding carboxylic acids is 1. The predicted molar refractivity (Wildman–Crippen MR) is 71.0 cm³/mol. The summed E-state index contributed by atoms with van der Waals surface area (Å²) >= 11 is 1.87. The van der Waals surface area contributed by atoms with Crippen LogP contribution in [0.25, 0.3) is 0 Å². The fourth-order valence-corrected chi connectivity index (χ4v) is 3.12. The van der Waals surface area contributed by atoms with Gasteiger partial charge in [-0.1, -0.05) is 6.92 Å². The zero-order chi connectivity index (χ0) is 13.1. The molecule has 1 atom stereocenters. The average Bonchev–Trinajstić information content (AvgIpc) is 2.41. The molecule has 1 aromatic heterocycles. The SMILES string of the molecule is CCC1CN(C(=O)c2cc(F)cnc2N)CCS1. The van der Waals surface area contributed by atoms with E-state index in [9.17, 15) is 9.18 Å². The molecule has 1 aromatic rings.